The number of carbonyl (C=O) groups is 2. The third-order valence-electron chi connectivity index (χ3n) is 3.31. The number of benzene rings is 1. The van der Waals surface area contributed by atoms with Gasteiger partial charge < -0.3 is 10.6 Å². The van der Waals surface area contributed by atoms with Crippen molar-refractivity contribution in [2.75, 3.05) is 0 Å². The van der Waals surface area contributed by atoms with E-state index in [2.05, 4.69) is 36.9 Å². The number of hydrogen-bond acceptors (Lipinski definition) is 4. The van der Waals surface area contributed by atoms with Crippen LogP contribution >= 0.6 is 0 Å². The Kier molecular flexibility index (Phi) is 5.97. The molecule has 0 aromatic heterocycles. The molecule has 0 saturated carbocycles. The summed E-state index contributed by atoms with van der Waals surface area (Å²) in [5.74, 6) is -0.426. The van der Waals surface area contributed by atoms with Crippen molar-refractivity contribution in [3.63, 3.8) is 0 Å². The Morgan fingerprint density at radius 1 is 1.30 bits per heavy atom. The van der Waals surface area contributed by atoms with Gasteiger partial charge in [0.25, 0.3) is 0 Å². The largest absolute Gasteiger partial charge is 0.403 e. The van der Waals surface area contributed by atoms with Crippen molar-refractivity contribution in [2.24, 2.45) is 5.73 Å². The average molecular weight is 274 g/mol. The molecule has 0 radical (unpaired) electrons. The van der Waals surface area contributed by atoms with Gasteiger partial charge in [-0.25, -0.2) is 0 Å². The fourth-order valence-corrected chi connectivity index (χ4v) is 2.02. The van der Waals surface area contributed by atoms with E-state index in [1.54, 1.807) is 6.20 Å². The molecule has 0 aliphatic carbocycles. The fourth-order valence-electron chi connectivity index (χ4n) is 2.02. The average Bonchev–Trinajstić information content (AvgIpc) is 2.89. The number of fused-ring (bicyclic) bond motifs is 1. The summed E-state index contributed by atoms with van der Waals surface area (Å²) >= 11 is 0. The number of carbonyl (C=O) groups excluding carboxylic acids is 2. The maximum absolute atomic E-state index is 9.44. The van der Waals surface area contributed by atoms with Gasteiger partial charge >= 0.3 is 0 Å². The van der Waals surface area contributed by atoms with Crippen LogP contribution in [0.2, 0.25) is 0 Å². The first-order valence-corrected chi connectivity index (χ1v) is 6.71. The quantitative estimate of drug-likeness (QED) is 0.677. The van der Waals surface area contributed by atoms with Crippen LogP contribution in [0.15, 0.2) is 30.1 Å². The third-order valence-corrected chi connectivity index (χ3v) is 3.31. The zero-order valence-electron chi connectivity index (χ0n) is 12.3. The van der Waals surface area contributed by atoms with Gasteiger partial charge in [0, 0.05) is 31.9 Å². The summed E-state index contributed by atoms with van der Waals surface area (Å²) in [7, 11) is 0. The number of allylic oxidation sites excluding steroid dienone is 1. The molecule has 0 fully saturated rings. The molecule has 108 valence electrons. The number of Topliss-reactive ketones (excluding diaryl/α,β-unsaturated/α-hetero) is 1. The highest BCUT2D eigenvalue weighted by Crippen LogP contribution is 2.26. The lowest BCUT2D eigenvalue weighted by molar-refractivity contribution is -0.128. The Hall–Kier alpha value is -2.10. The van der Waals surface area contributed by atoms with E-state index in [0.717, 1.165) is 25.2 Å². The van der Waals surface area contributed by atoms with Gasteiger partial charge in [-0.1, -0.05) is 25.1 Å². The third kappa shape index (κ3) is 4.23. The highest BCUT2D eigenvalue weighted by molar-refractivity contribution is 6.23. The normalized spacial score (nSPS) is 13.3. The molecule has 20 heavy (non-hydrogen) atoms. The molecule has 1 heterocycles. The first-order chi connectivity index (χ1) is 9.51. The summed E-state index contributed by atoms with van der Waals surface area (Å²) < 4.78 is 0. The van der Waals surface area contributed by atoms with Crippen molar-refractivity contribution in [1.29, 1.82) is 0 Å². The lowest BCUT2D eigenvalue weighted by Gasteiger charge is -2.17. The molecular formula is C16H22N2O2. The predicted molar refractivity (Wildman–Crippen MR) is 79.8 cm³/mol. The van der Waals surface area contributed by atoms with Crippen molar-refractivity contribution in [2.45, 2.75) is 40.3 Å². The smallest absolute Gasteiger partial charge is 0.192 e. The standard InChI is InChI=1S/C13H18N2.C3H4O2/c1-3-11-4-5-12-8-15(10(2)7-14)9-13(12)6-11;1-3(5)2-4/h4-7H,3,8-9,14H2,1-2H3;2H,1H3/b10-7-;. The Morgan fingerprint density at radius 3 is 2.40 bits per heavy atom. The zero-order valence-corrected chi connectivity index (χ0v) is 12.3. The molecule has 0 bridgehead atoms. The first kappa shape index (κ1) is 16.0. The van der Waals surface area contributed by atoms with Gasteiger partial charge in [0.1, 0.15) is 0 Å². The summed E-state index contributed by atoms with van der Waals surface area (Å²) in [4.78, 5) is 20.9. The molecule has 0 unspecified atom stereocenters. The van der Waals surface area contributed by atoms with E-state index in [0.29, 0.717) is 0 Å². The molecule has 2 N–H and O–H groups in total. The van der Waals surface area contributed by atoms with Crippen molar-refractivity contribution in [1.82, 2.24) is 4.90 Å². The molecule has 1 aliphatic heterocycles. The summed E-state index contributed by atoms with van der Waals surface area (Å²) in [5.41, 5.74) is 11.0. The minimum Gasteiger partial charge on any atom is -0.403 e. The van der Waals surface area contributed by atoms with Crippen LogP contribution in [0.1, 0.15) is 37.5 Å². The van der Waals surface area contributed by atoms with Gasteiger partial charge in [0.15, 0.2) is 12.1 Å². The SMILES string of the molecule is CC(=O)C=O.CCc1ccc2c(c1)CN(/C(C)=C\N)C2. The van der Waals surface area contributed by atoms with Gasteiger partial charge in [0.2, 0.25) is 0 Å². The van der Waals surface area contributed by atoms with Crippen molar-refractivity contribution in [3.8, 4) is 0 Å². The number of ketones is 1. The number of aryl methyl sites for hydroxylation is 1. The molecule has 1 aliphatic rings. The molecule has 4 nitrogen and oxygen atoms in total. The highest BCUT2D eigenvalue weighted by atomic mass is 16.2. The summed E-state index contributed by atoms with van der Waals surface area (Å²) in [6.07, 6.45) is 3.08. The van der Waals surface area contributed by atoms with Crippen LogP contribution in [0.5, 0.6) is 0 Å². The Labute approximate surface area is 120 Å². The Morgan fingerprint density at radius 2 is 1.90 bits per heavy atom. The fraction of sp³-hybridized carbons (Fsp3) is 0.375. The monoisotopic (exact) mass is 274 g/mol. The molecule has 1 aromatic carbocycles. The lowest BCUT2D eigenvalue weighted by atomic mass is 10.1. The number of rotatable bonds is 3. The van der Waals surface area contributed by atoms with Crippen LogP contribution in [0.3, 0.4) is 0 Å². The Balaban J connectivity index is 0.000000347. The van der Waals surface area contributed by atoms with E-state index in [1.165, 1.54) is 23.6 Å². The van der Waals surface area contributed by atoms with Crippen molar-refractivity contribution in [3.05, 3.63) is 46.8 Å². The zero-order chi connectivity index (χ0) is 15.1. The number of aldehydes is 1. The van der Waals surface area contributed by atoms with Crippen molar-refractivity contribution >= 4 is 12.1 Å². The minimum atomic E-state index is -0.426. The van der Waals surface area contributed by atoms with Crippen LogP contribution in [0, 0.1) is 0 Å². The summed E-state index contributed by atoms with van der Waals surface area (Å²) in [6, 6.07) is 6.79. The van der Waals surface area contributed by atoms with Gasteiger partial charge in [-0.3, -0.25) is 9.59 Å². The minimum absolute atomic E-state index is 0.278. The molecule has 0 amide bonds. The van der Waals surface area contributed by atoms with Crippen LogP contribution in [0.4, 0.5) is 0 Å². The van der Waals surface area contributed by atoms with Gasteiger partial charge in [-0.15, -0.1) is 0 Å². The van der Waals surface area contributed by atoms with E-state index >= 15 is 0 Å². The second-order valence-electron chi connectivity index (χ2n) is 4.85. The second kappa shape index (κ2) is 7.48. The van der Waals surface area contributed by atoms with Crippen LogP contribution in [0.25, 0.3) is 0 Å². The van der Waals surface area contributed by atoms with E-state index in [1.807, 2.05) is 0 Å². The maximum Gasteiger partial charge on any atom is 0.192 e. The van der Waals surface area contributed by atoms with Crippen molar-refractivity contribution < 1.29 is 9.59 Å². The lowest BCUT2D eigenvalue weighted by Crippen LogP contribution is -2.14. The van der Waals surface area contributed by atoms with E-state index < -0.39 is 5.78 Å². The van der Waals surface area contributed by atoms with E-state index in [9.17, 15) is 4.79 Å². The summed E-state index contributed by atoms with van der Waals surface area (Å²) in [6.45, 7) is 7.47. The van der Waals surface area contributed by atoms with Gasteiger partial charge in [-0.2, -0.15) is 0 Å². The van der Waals surface area contributed by atoms with Crippen LogP contribution < -0.4 is 5.73 Å². The highest BCUT2D eigenvalue weighted by Gasteiger charge is 2.18. The van der Waals surface area contributed by atoms with E-state index in [4.69, 9.17) is 10.5 Å². The number of nitrogens with two attached hydrogens (primary N) is 1. The van der Waals surface area contributed by atoms with Crippen LogP contribution in [-0.2, 0) is 29.1 Å². The van der Waals surface area contributed by atoms with Crippen LogP contribution in [-0.4, -0.2) is 17.0 Å². The second-order valence-corrected chi connectivity index (χ2v) is 4.85. The maximum atomic E-state index is 9.44. The molecular weight excluding hydrogens is 252 g/mol. The molecule has 0 saturated heterocycles. The summed E-state index contributed by atoms with van der Waals surface area (Å²) in [5, 5.41) is 0. The van der Waals surface area contributed by atoms with E-state index in [-0.39, 0.29) is 6.29 Å². The molecule has 4 heteroatoms. The topological polar surface area (TPSA) is 63.4 Å². The molecule has 2 rings (SSSR count). The first-order valence-electron chi connectivity index (χ1n) is 6.71. The number of nitrogens with zero attached hydrogens (tertiary/aromatic N) is 1. The number of hydrogen-bond donors (Lipinski definition) is 1. The molecule has 0 spiro atoms. The Bertz CT molecular complexity index is 521. The molecule has 0 atom stereocenters. The van der Waals surface area contributed by atoms with Gasteiger partial charge in [-0.05, 0) is 30.0 Å². The predicted octanol–water partition coefficient (Wildman–Crippen LogP) is 2.16. The molecule has 1 aromatic rings. The van der Waals surface area contributed by atoms with Gasteiger partial charge in [0.05, 0.1) is 0 Å².